The molecule has 1 aromatic rings. The molecule has 1 rings (SSSR count). The number of ether oxygens (including phenoxy) is 1. The van der Waals surface area contributed by atoms with Crippen LogP contribution in [0.3, 0.4) is 0 Å². The summed E-state index contributed by atoms with van der Waals surface area (Å²) in [4.78, 5) is 4.13. The molecule has 0 spiro atoms. The topological polar surface area (TPSA) is 57.2 Å². The van der Waals surface area contributed by atoms with Gasteiger partial charge in [0.15, 0.2) is 0 Å². The predicted octanol–water partition coefficient (Wildman–Crippen LogP) is 2.20. The second kappa shape index (κ2) is 5.71. The highest BCUT2D eigenvalue weighted by atomic mass is 32.2. The van der Waals surface area contributed by atoms with E-state index in [4.69, 9.17) is 4.74 Å². The van der Waals surface area contributed by atoms with Gasteiger partial charge in [-0.25, -0.2) is 4.98 Å². The fraction of sp³-hybridized carbons (Fsp3) is 0.583. The smallest absolute Gasteiger partial charge is 0.217 e. The minimum absolute atomic E-state index is 0.0706. The first-order valence-corrected chi connectivity index (χ1v) is 6.68. The van der Waals surface area contributed by atoms with Crippen molar-refractivity contribution < 1.29 is 9.29 Å². The maximum atomic E-state index is 12.0. The van der Waals surface area contributed by atoms with Crippen LogP contribution in [0.4, 0.5) is 0 Å². The van der Waals surface area contributed by atoms with Crippen LogP contribution in [0.15, 0.2) is 18.3 Å². The third-order valence-electron chi connectivity index (χ3n) is 2.30. The third kappa shape index (κ3) is 3.87. The fourth-order valence-electron chi connectivity index (χ4n) is 1.30. The van der Waals surface area contributed by atoms with E-state index < -0.39 is 11.4 Å². The molecule has 0 aromatic carbocycles. The lowest BCUT2D eigenvalue weighted by atomic mass is 10.1. The Balaban J connectivity index is 2.79. The van der Waals surface area contributed by atoms with E-state index >= 15 is 0 Å². The highest BCUT2D eigenvalue weighted by Gasteiger charge is 2.29. The van der Waals surface area contributed by atoms with Gasteiger partial charge in [0.2, 0.25) is 5.88 Å². The monoisotopic (exact) mass is 256 g/mol. The Labute approximate surface area is 106 Å². The first-order chi connectivity index (χ1) is 7.86. The maximum Gasteiger partial charge on any atom is 0.217 e. The SMILES string of the molecule is COc1ncccc1C(C)N[S+]([O-])C(C)(C)C. The van der Waals surface area contributed by atoms with Crippen LogP contribution in [0, 0.1) is 0 Å². The van der Waals surface area contributed by atoms with Crippen molar-refractivity contribution in [1.29, 1.82) is 0 Å². The van der Waals surface area contributed by atoms with Gasteiger partial charge in [0, 0.05) is 23.1 Å². The van der Waals surface area contributed by atoms with Gasteiger partial charge in [0.05, 0.1) is 13.2 Å². The Morgan fingerprint density at radius 1 is 1.47 bits per heavy atom. The largest absolute Gasteiger partial charge is 0.598 e. The van der Waals surface area contributed by atoms with Gasteiger partial charge in [0.25, 0.3) is 0 Å². The lowest BCUT2D eigenvalue weighted by Crippen LogP contribution is -2.40. The number of pyridine rings is 1. The molecule has 1 aromatic heterocycles. The molecule has 0 bridgehead atoms. The van der Waals surface area contributed by atoms with E-state index in [1.165, 1.54) is 0 Å². The van der Waals surface area contributed by atoms with Gasteiger partial charge in [-0.2, -0.15) is 0 Å². The van der Waals surface area contributed by atoms with E-state index in [2.05, 4.69) is 9.71 Å². The summed E-state index contributed by atoms with van der Waals surface area (Å²) in [5, 5.41) is 0. The molecule has 0 fully saturated rings. The van der Waals surface area contributed by atoms with Crippen LogP contribution in [-0.2, 0) is 11.4 Å². The predicted molar refractivity (Wildman–Crippen MR) is 70.2 cm³/mol. The van der Waals surface area contributed by atoms with Crippen molar-refractivity contribution >= 4 is 11.4 Å². The summed E-state index contributed by atoms with van der Waals surface area (Å²) in [5.41, 5.74) is 0.910. The van der Waals surface area contributed by atoms with Gasteiger partial charge in [0.1, 0.15) is 4.75 Å². The third-order valence-corrected chi connectivity index (χ3v) is 3.98. The maximum absolute atomic E-state index is 12.0. The Bertz CT molecular complexity index is 366. The van der Waals surface area contributed by atoms with Crippen molar-refractivity contribution in [1.82, 2.24) is 9.71 Å². The zero-order valence-electron chi connectivity index (χ0n) is 11.0. The lowest BCUT2D eigenvalue weighted by molar-refractivity contribution is 0.388. The quantitative estimate of drug-likeness (QED) is 0.839. The molecule has 0 saturated heterocycles. The molecule has 0 aliphatic carbocycles. The molecule has 5 heteroatoms. The first kappa shape index (κ1) is 14.3. The molecule has 4 nitrogen and oxygen atoms in total. The molecule has 0 aliphatic heterocycles. The average molecular weight is 256 g/mol. The number of hydrogen-bond acceptors (Lipinski definition) is 4. The van der Waals surface area contributed by atoms with Crippen LogP contribution in [0.2, 0.25) is 0 Å². The number of hydrogen-bond donors (Lipinski definition) is 1. The number of aromatic nitrogens is 1. The van der Waals surface area contributed by atoms with Crippen molar-refractivity contribution in [2.75, 3.05) is 7.11 Å². The molecule has 1 N–H and O–H groups in total. The molecule has 0 amide bonds. The highest BCUT2D eigenvalue weighted by molar-refractivity contribution is 7.90. The van der Waals surface area contributed by atoms with Crippen molar-refractivity contribution in [2.24, 2.45) is 0 Å². The van der Waals surface area contributed by atoms with Crippen LogP contribution in [-0.4, -0.2) is 21.4 Å². The van der Waals surface area contributed by atoms with Crippen molar-refractivity contribution in [3.05, 3.63) is 23.9 Å². The van der Waals surface area contributed by atoms with Crippen LogP contribution in [0.25, 0.3) is 0 Å². The molecular formula is C12H20N2O2S. The van der Waals surface area contributed by atoms with Crippen molar-refractivity contribution in [3.8, 4) is 5.88 Å². The summed E-state index contributed by atoms with van der Waals surface area (Å²) in [5.74, 6) is 0.568. The van der Waals surface area contributed by atoms with E-state index in [1.54, 1.807) is 13.3 Å². The van der Waals surface area contributed by atoms with Crippen LogP contribution in [0.1, 0.15) is 39.3 Å². The summed E-state index contributed by atoms with van der Waals surface area (Å²) >= 11 is -1.11. The normalized spacial score (nSPS) is 15.4. The second-order valence-electron chi connectivity index (χ2n) is 4.82. The second-order valence-corrected chi connectivity index (χ2v) is 6.82. The van der Waals surface area contributed by atoms with Crippen LogP contribution < -0.4 is 9.46 Å². The lowest BCUT2D eigenvalue weighted by Gasteiger charge is -2.26. The Kier molecular flexibility index (Phi) is 4.80. The number of methoxy groups -OCH3 is 1. The zero-order valence-corrected chi connectivity index (χ0v) is 11.8. The summed E-state index contributed by atoms with van der Waals surface area (Å²) in [6.07, 6.45) is 1.68. The van der Waals surface area contributed by atoms with E-state index in [9.17, 15) is 4.55 Å². The minimum atomic E-state index is -1.11. The number of rotatable bonds is 4. The van der Waals surface area contributed by atoms with Crippen molar-refractivity contribution in [2.45, 2.75) is 38.5 Å². The highest BCUT2D eigenvalue weighted by Crippen LogP contribution is 2.24. The molecule has 17 heavy (non-hydrogen) atoms. The standard InChI is InChI=1S/C12H20N2O2S/c1-9(14-17(15)12(2,3)4)10-7-6-8-13-11(10)16-5/h6-9,14H,1-5H3. The Hall–Kier alpha value is -0.780. The molecule has 2 atom stereocenters. The van der Waals surface area contributed by atoms with Gasteiger partial charge >= 0.3 is 0 Å². The molecule has 0 saturated carbocycles. The molecule has 0 aliphatic rings. The van der Waals surface area contributed by atoms with Gasteiger partial charge in [-0.1, -0.05) is 6.07 Å². The van der Waals surface area contributed by atoms with Gasteiger partial charge in [-0.05, 0) is 33.8 Å². The number of nitrogens with zero attached hydrogens (tertiary/aromatic N) is 1. The van der Waals surface area contributed by atoms with E-state index in [1.807, 2.05) is 39.8 Å². The van der Waals surface area contributed by atoms with Gasteiger partial charge in [-0.3, -0.25) is 0 Å². The summed E-state index contributed by atoms with van der Waals surface area (Å²) in [6.45, 7) is 7.75. The van der Waals surface area contributed by atoms with Crippen molar-refractivity contribution in [3.63, 3.8) is 0 Å². The minimum Gasteiger partial charge on any atom is -0.598 e. The van der Waals surface area contributed by atoms with Gasteiger partial charge in [-0.15, -0.1) is 4.72 Å². The van der Waals surface area contributed by atoms with Gasteiger partial charge < -0.3 is 9.29 Å². The Morgan fingerprint density at radius 3 is 2.65 bits per heavy atom. The first-order valence-electron chi connectivity index (χ1n) is 5.53. The van der Waals surface area contributed by atoms with E-state index in [-0.39, 0.29) is 10.8 Å². The molecule has 1 heterocycles. The van der Waals surface area contributed by atoms with E-state index in [0.29, 0.717) is 5.88 Å². The molecule has 96 valence electrons. The molecule has 2 unspecified atom stereocenters. The molecule has 0 radical (unpaired) electrons. The average Bonchev–Trinajstić information content (AvgIpc) is 2.27. The fourth-order valence-corrected chi connectivity index (χ4v) is 2.11. The van der Waals surface area contributed by atoms with E-state index in [0.717, 1.165) is 5.56 Å². The Morgan fingerprint density at radius 2 is 2.12 bits per heavy atom. The van der Waals surface area contributed by atoms with Crippen LogP contribution >= 0.6 is 0 Å². The summed E-state index contributed by atoms with van der Waals surface area (Å²) < 4.78 is 19.9. The molecular weight excluding hydrogens is 236 g/mol. The summed E-state index contributed by atoms with van der Waals surface area (Å²) in [6, 6.07) is 3.69. The zero-order chi connectivity index (χ0) is 13.1. The van der Waals surface area contributed by atoms with Crippen LogP contribution in [0.5, 0.6) is 5.88 Å². The summed E-state index contributed by atoms with van der Waals surface area (Å²) in [7, 11) is 1.58. The number of nitrogens with one attached hydrogen (secondary N) is 1.